The Labute approximate surface area is 91.8 Å². The Kier molecular flexibility index (Phi) is 2.43. The van der Waals surface area contributed by atoms with Crippen molar-refractivity contribution in [2.24, 2.45) is 0 Å². The van der Waals surface area contributed by atoms with Crippen LogP contribution in [0.15, 0.2) is 39.5 Å². The van der Waals surface area contributed by atoms with E-state index in [-0.39, 0.29) is 5.69 Å². The van der Waals surface area contributed by atoms with E-state index in [1.54, 1.807) is 24.3 Å². The molecule has 1 aromatic heterocycles. The summed E-state index contributed by atoms with van der Waals surface area (Å²) in [6.45, 7) is 0. The minimum Gasteiger partial charge on any atom is -0.421 e. The van der Waals surface area contributed by atoms with Gasteiger partial charge in [-0.1, -0.05) is 18.2 Å². The van der Waals surface area contributed by atoms with Crippen molar-refractivity contribution in [2.75, 3.05) is 11.0 Å². The molecule has 0 aliphatic heterocycles. The lowest BCUT2D eigenvalue weighted by Crippen LogP contribution is -2.16. The third kappa shape index (κ3) is 2.22. The van der Waals surface area contributed by atoms with Crippen LogP contribution < -0.4 is 10.3 Å². The van der Waals surface area contributed by atoms with E-state index in [2.05, 4.69) is 4.72 Å². The molecule has 0 unspecified atom stereocenters. The van der Waals surface area contributed by atoms with E-state index < -0.39 is 15.6 Å². The monoisotopic (exact) mass is 239 g/mol. The van der Waals surface area contributed by atoms with E-state index >= 15 is 0 Å². The number of para-hydroxylation sites is 1. The first kappa shape index (κ1) is 10.7. The minimum absolute atomic E-state index is 0.0822. The van der Waals surface area contributed by atoms with E-state index in [4.69, 9.17) is 4.42 Å². The molecule has 0 atom stereocenters. The summed E-state index contributed by atoms with van der Waals surface area (Å²) in [5, 5.41) is 0.660. The van der Waals surface area contributed by atoms with Crippen LogP contribution in [0.4, 0.5) is 5.69 Å². The van der Waals surface area contributed by atoms with Crippen LogP contribution >= 0.6 is 0 Å². The molecule has 5 nitrogen and oxygen atoms in total. The maximum absolute atomic E-state index is 11.4. The molecule has 1 N–H and O–H groups in total. The first-order valence-corrected chi connectivity index (χ1v) is 6.35. The van der Waals surface area contributed by atoms with Crippen LogP contribution in [0.2, 0.25) is 0 Å². The van der Waals surface area contributed by atoms with Gasteiger partial charge < -0.3 is 4.42 Å². The molecule has 0 radical (unpaired) electrons. The van der Waals surface area contributed by atoms with E-state index in [1.807, 2.05) is 0 Å². The summed E-state index contributed by atoms with van der Waals surface area (Å²) in [6.07, 6.45) is 0.974. The molecule has 2 rings (SSSR count). The number of hydrogen-bond acceptors (Lipinski definition) is 4. The number of rotatable bonds is 2. The zero-order valence-corrected chi connectivity index (χ0v) is 9.24. The summed E-state index contributed by atoms with van der Waals surface area (Å²) < 4.78 is 29.1. The molecule has 0 spiro atoms. The van der Waals surface area contributed by atoms with Crippen molar-refractivity contribution < 1.29 is 12.8 Å². The summed E-state index contributed by atoms with van der Waals surface area (Å²) in [5.74, 6) is 0. The quantitative estimate of drug-likeness (QED) is 0.798. The molecular formula is C10H9NO4S. The lowest BCUT2D eigenvalue weighted by atomic mass is 10.2. The van der Waals surface area contributed by atoms with Crippen LogP contribution in [0.5, 0.6) is 0 Å². The van der Waals surface area contributed by atoms with Crippen molar-refractivity contribution in [3.05, 3.63) is 40.8 Å². The normalized spacial score (nSPS) is 11.6. The maximum atomic E-state index is 11.4. The predicted octanol–water partition coefficient (Wildman–Crippen LogP) is 1.16. The maximum Gasteiger partial charge on any atom is 0.360 e. The van der Waals surface area contributed by atoms with Crippen LogP contribution in [-0.4, -0.2) is 14.7 Å². The highest BCUT2D eigenvalue weighted by Gasteiger charge is 2.08. The Bertz CT molecular complexity index is 687. The molecule has 0 aliphatic carbocycles. The van der Waals surface area contributed by atoms with Gasteiger partial charge in [0.25, 0.3) is 0 Å². The largest absolute Gasteiger partial charge is 0.421 e. The molecule has 6 heteroatoms. The summed E-state index contributed by atoms with van der Waals surface area (Å²) in [4.78, 5) is 11.4. The average molecular weight is 239 g/mol. The number of anilines is 1. The molecule has 1 heterocycles. The van der Waals surface area contributed by atoms with Gasteiger partial charge in [0.1, 0.15) is 11.3 Å². The molecule has 1 aromatic carbocycles. The second-order valence-corrected chi connectivity index (χ2v) is 5.11. The molecule has 0 aliphatic rings. The second-order valence-electron chi connectivity index (χ2n) is 3.36. The van der Waals surface area contributed by atoms with Crippen LogP contribution in [0.3, 0.4) is 0 Å². The van der Waals surface area contributed by atoms with Crippen molar-refractivity contribution >= 4 is 26.7 Å². The molecule has 0 amide bonds. The van der Waals surface area contributed by atoms with Gasteiger partial charge in [-0.3, -0.25) is 4.72 Å². The number of sulfonamides is 1. The van der Waals surface area contributed by atoms with Gasteiger partial charge in [-0.2, -0.15) is 0 Å². The standard InChI is InChI=1S/C10H9NO4S/c1-16(13,14)11-8-6-7-4-2-3-5-9(7)15-10(8)12/h2-6,11H,1H3. The number of fused-ring (bicyclic) bond motifs is 1. The third-order valence-electron chi connectivity index (χ3n) is 1.94. The third-order valence-corrected chi connectivity index (χ3v) is 2.53. The highest BCUT2D eigenvalue weighted by atomic mass is 32.2. The molecule has 2 aromatic rings. The SMILES string of the molecule is CS(=O)(=O)Nc1cc2ccccc2oc1=O. The average Bonchev–Trinajstić information content (AvgIpc) is 2.17. The Morgan fingerprint density at radius 1 is 1.25 bits per heavy atom. The van der Waals surface area contributed by atoms with Gasteiger partial charge in [0, 0.05) is 5.39 Å². The lowest BCUT2D eigenvalue weighted by Gasteiger charge is -2.02. The summed E-state index contributed by atoms with van der Waals surface area (Å²) in [6, 6.07) is 8.32. The zero-order chi connectivity index (χ0) is 11.8. The predicted molar refractivity (Wildman–Crippen MR) is 61.0 cm³/mol. The van der Waals surface area contributed by atoms with E-state index in [1.165, 1.54) is 6.07 Å². The Balaban J connectivity index is 2.63. The van der Waals surface area contributed by atoms with Gasteiger partial charge in [0.2, 0.25) is 10.0 Å². The van der Waals surface area contributed by atoms with Crippen molar-refractivity contribution in [2.45, 2.75) is 0 Å². The van der Waals surface area contributed by atoms with Gasteiger partial charge in [-0.05, 0) is 12.1 Å². The van der Waals surface area contributed by atoms with Gasteiger partial charge in [0.15, 0.2) is 0 Å². The summed E-state index contributed by atoms with van der Waals surface area (Å²) in [7, 11) is -3.48. The molecular weight excluding hydrogens is 230 g/mol. The van der Waals surface area contributed by atoms with Crippen molar-refractivity contribution in [1.82, 2.24) is 0 Å². The smallest absolute Gasteiger partial charge is 0.360 e. The van der Waals surface area contributed by atoms with Gasteiger partial charge in [-0.25, -0.2) is 13.2 Å². The summed E-state index contributed by atoms with van der Waals surface area (Å²) >= 11 is 0. The number of benzene rings is 1. The van der Waals surface area contributed by atoms with Crippen LogP contribution in [0, 0.1) is 0 Å². The fraction of sp³-hybridized carbons (Fsp3) is 0.100. The zero-order valence-electron chi connectivity index (χ0n) is 8.43. The topological polar surface area (TPSA) is 76.4 Å². The van der Waals surface area contributed by atoms with Crippen LogP contribution in [0.1, 0.15) is 0 Å². The lowest BCUT2D eigenvalue weighted by molar-refractivity contribution is 0.563. The van der Waals surface area contributed by atoms with E-state index in [9.17, 15) is 13.2 Å². The van der Waals surface area contributed by atoms with Crippen molar-refractivity contribution in [3.63, 3.8) is 0 Å². The number of hydrogen-bond donors (Lipinski definition) is 1. The first-order chi connectivity index (χ1) is 7.46. The fourth-order valence-electron chi connectivity index (χ4n) is 1.33. The Morgan fingerprint density at radius 3 is 2.62 bits per heavy atom. The number of nitrogens with one attached hydrogen (secondary N) is 1. The van der Waals surface area contributed by atoms with Gasteiger partial charge in [0.05, 0.1) is 6.26 Å². The van der Waals surface area contributed by atoms with E-state index in [0.29, 0.717) is 11.0 Å². The van der Waals surface area contributed by atoms with Gasteiger partial charge in [-0.15, -0.1) is 0 Å². The van der Waals surface area contributed by atoms with Crippen molar-refractivity contribution in [3.8, 4) is 0 Å². The van der Waals surface area contributed by atoms with E-state index in [0.717, 1.165) is 6.26 Å². The second kappa shape index (κ2) is 3.64. The highest BCUT2D eigenvalue weighted by molar-refractivity contribution is 7.92. The van der Waals surface area contributed by atoms with Gasteiger partial charge >= 0.3 is 5.63 Å². The Morgan fingerprint density at radius 2 is 1.94 bits per heavy atom. The fourth-order valence-corrected chi connectivity index (χ4v) is 1.87. The van der Waals surface area contributed by atoms with Crippen LogP contribution in [-0.2, 0) is 10.0 Å². The first-order valence-electron chi connectivity index (χ1n) is 4.46. The molecule has 0 fully saturated rings. The molecule has 0 saturated carbocycles. The minimum atomic E-state index is -3.48. The highest BCUT2D eigenvalue weighted by Crippen LogP contribution is 2.15. The molecule has 84 valence electrons. The molecule has 0 bridgehead atoms. The summed E-state index contributed by atoms with van der Waals surface area (Å²) in [5.41, 5.74) is -0.364. The molecule has 0 saturated heterocycles. The molecule has 16 heavy (non-hydrogen) atoms. The Hall–Kier alpha value is -1.82. The van der Waals surface area contributed by atoms with Crippen LogP contribution in [0.25, 0.3) is 11.0 Å². The van der Waals surface area contributed by atoms with Crippen molar-refractivity contribution in [1.29, 1.82) is 0 Å².